The average molecular weight is 377 g/mol. The Labute approximate surface area is 158 Å². The van der Waals surface area contributed by atoms with E-state index in [1.165, 1.54) is 6.92 Å². The second-order valence-electron chi connectivity index (χ2n) is 6.02. The Morgan fingerprint density at radius 3 is 2.27 bits per heavy atom. The first kappa shape index (κ1) is 19.6. The van der Waals surface area contributed by atoms with Crippen molar-refractivity contribution in [3.8, 4) is 11.5 Å². The predicted octanol–water partition coefficient (Wildman–Crippen LogP) is 3.15. The number of anilines is 1. The molecule has 2 aromatic carbocycles. The van der Waals surface area contributed by atoms with Gasteiger partial charge in [-0.2, -0.15) is 0 Å². The SMILES string of the molecule is CC(=O)OC1CC(=O)N(Cc2ccc(Oc3ccc(N)cc3)cc2)C1.Cl. The van der Waals surface area contributed by atoms with E-state index in [1.807, 2.05) is 24.3 Å². The summed E-state index contributed by atoms with van der Waals surface area (Å²) in [7, 11) is 0. The predicted molar refractivity (Wildman–Crippen MR) is 100 cm³/mol. The number of carbonyl (C=O) groups is 2. The number of nitrogen functional groups attached to an aromatic ring is 1. The zero-order valence-electron chi connectivity index (χ0n) is 14.4. The van der Waals surface area contributed by atoms with Gasteiger partial charge in [-0.25, -0.2) is 0 Å². The van der Waals surface area contributed by atoms with Gasteiger partial charge < -0.3 is 20.1 Å². The van der Waals surface area contributed by atoms with Crippen LogP contribution < -0.4 is 10.5 Å². The summed E-state index contributed by atoms with van der Waals surface area (Å²) < 4.78 is 10.9. The molecule has 1 unspecified atom stereocenters. The number of carbonyl (C=O) groups excluding carboxylic acids is 2. The van der Waals surface area contributed by atoms with Crippen molar-refractivity contribution in [3.63, 3.8) is 0 Å². The third-order valence-electron chi connectivity index (χ3n) is 3.92. The Morgan fingerprint density at radius 1 is 1.12 bits per heavy atom. The molecule has 1 aliphatic heterocycles. The maximum atomic E-state index is 12.0. The molecule has 2 aromatic rings. The number of likely N-dealkylation sites (tertiary alicyclic amines) is 1. The molecule has 1 fully saturated rings. The highest BCUT2D eigenvalue weighted by molar-refractivity contribution is 5.85. The van der Waals surface area contributed by atoms with Crippen molar-refractivity contribution in [3.05, 3.63) is 54.1 Å². The topological polar surface area (TPSA) is 81.9 Å². The number of hydrogen-bond acceptors (Lipinski definition) is 5. The van der Waals surface area contributed by atoms with E-state index >= 15 is 0 Å². The maximum Gasteiger partial charge on any atom is 0.302 e. The van der Waals surface area contributed by atoms with Gasteiger partial charge in [0.25, 0.3) is 0 Å². The molecule has 7 heteroatoms. The van der Waals surface area contributed by atoms with Crippen molar-refractivity contribution in [2.75, 3.05) is 12.3 Å². The van der Waals surface area contributed by atoms with Gasteiger partial charge in [-0.3, -0.25) is 9.59 Å². The van der Waals surface area contributed by atoms with Gasteiger partial charge in [0.15, 0.2) is 0 Å². The molecule has 1 aliphatic rings. The van der Waals surface area contributed by atoms with E-state index in [0.717, 1.165) is 5.56 Å². The Balaban J connectivity index is 0.00000243. The minimum absolute atomic E-state index is 0. The Hall–Kier alpha value is -2.73. The Morgan fingerprint density at radius 2 is 1.69 bits per heavy atom. The van der Waals surface area contributed by atoms with Crippen molar-refractivity contribution in [2.45, 2.75) is 26.0 Å². The fourth-order valence-corrected chi connectivity index (χ4v) is 2.76. The van der Waals surface area contributed by atoms with E-state index in [4.69, 9.17) is 15.2 Å². The van der Waals surface area contributed by atoms with Gasteiger partial charge in [0.1, 0.15) is 17.6 Å². The molecular weight excluding hydrogens is 356 g/mol. The van der Waals surface area contributed by atoms with Crippen molar-refractivity contribution in [1.29, 1.82) is 0 Å². The number of rotatable bonds is 5. The number of benzene rings is 2. The third kappa shape index (κ3) is 5.13. The fourth-order valence-electron chi connectivity index (χ4n) is 2.76. The molecule has 1 atom stereocenters. The summed E-state index contributed by atoms with van der Waals surface area (Å²) in [4.78, 5) is 24.7. The molecule has 6 nitrogen and oxygen atoms in total. The summed E-state index contributed by atoms with van der Waals surface area (Å²) in [5.41, 5.74) is 7.32. The molecule has 0 saturated carbocycles. The molecule has 2 N–H and O–H groups in total. The molecule has 1 heterocycles. The van der Waals surface area contributed by atoms with Crippen molar-refractivity contribution >= 4 is 30.0 Å². The lowest BCUT2D eigenvalue weighted by Crippen LogP contribution is -2.26. The van der Waals surface area contributed by atoms with Gasteiger partial charge in [0.05, 0.1) is 13.0 Å². The van der Waals surface area contributed by atoms with Crippen molar-refractivity contribution in [2.24, 2.45) is 0 Å². The second kappa shape index (κ2) is 8.58. The summed E-state index contributed by atoms with van der Waals surface area (Å²) >= 11 is 0. The van der Waals surface area contributed by atoms with Gasteiger partial charge in [-0.05, 0) is 42.0 Å². The van der Waals surface area contributed by atoms with Crippen LogP contribution in [0.5, 0.6) is 11.5 Å². The zero-order valence-corrected chi connectivity index (χ0v) is 15.2. The molecule has 138 valence electrons. The van der Waals surface area contributed by atoms with Gasteiger partial charge in [0, 0.05) is 19.2 Å². The highest BCUT2D eigenvalue weighted by atomic mass is 35.5. The van der Waals surface area contributed by atoms with E-state index in [1.54, 1.807) is 29.2 Å². The van der Waals surface area contributed by atoms with E-state index in [2.05, 4.69) is 0 Å². The summed E-state index contributed by atoms with van der Waals surface area (Å²) in [5.74, 6) is 1.05. The van der Waals surface area contributed by atoms with Crippen LogP contribution in [0.15, 0.2) is 48.5 Å². The average Bonchev–Trinajstić information content (AvgIpc) is 2.90. The molecule has 1 saturated heterocycles. The van der Waals surface area contributed by atoms with Gasteiger partial charge >= 0.3 is 5.97 Å². The van der Waals surface area contributed by atoms with Crippen LogP contribution in [-0.2, 0) is 20.9 Å². The number of halogens is 1. The van der Waals surface area contributed by atoms with Crippen LogP contribution in [0.4, 0.5) is 5.69 Å². The molecule has 0 aliphatic carbocycles. The highest BCUT2D eigenvalue weighted by Crippen LogP contribution is 2.24. The number of hydrogen-bond donors (Lipinski definition) is 1. The smallest absolute Gasteiger partial charge is 0.302 e. The lowest BCUT2D eigenvalue weighted by atomic mass is 10.2. The van der Waals surface area contributed by atoms with Crippen LogP contribution in [0.25, 0.3) is 0 Å². The van der Waals surface area contributed by atoms with E-state index in [-0.39, 0.29) is 36.8 Å². The standard InChI is InChI=1S/C19H20N2O4.ClH/c1-13(22)24-18-10-19(23)21(12-18)11-14-2-6-16(7-3-14)25-17-8-4-15(20)5-9-17;/h2-9,18H,10-12,20H2,1H3;1H. The van der Waals surface area contributed by atoms with Crippen molar-refractivity contribution < 1.29 is 19.1 Å². The molecule has 0 bridgehead atoms. The zero-order chi connectivity index (χ0) is 17.8. The lowest BCUT2D eigenvalue weighted by Gasteiger charge is -2.17. The Kier molecular flexibility index (Phi) is 6.46. The lowest BCUT2D eigenvalue weighted by molar-refractivity contribution is -0.145. The van der Waals surface area contributed by atoms with Crippen LogP contribution in [0, 0.1) is 0 Å². The molecule has 26 heavy (non-hydrogen) atoms. The quantitative estimate of drug-likeness (QED) is 0.640. The molecule has 0 radical (unpaired) electrons. The van der Waals surface area contributed by atoms with Gasteiger partial charge in [0.2, 0.25) is 5.91 Å². The molecule has 0 spiro atoms. The minimum atomic E-state index is -0.358. The number of nitrogens with zero attached hydrogens (tertiary/aromatic N) is 1. The first-order valence-corrected chi connectivity index (χ1v) is 8.07. The Bertz CT molecular complexity index is 762. The maximum absolute atomic E-state index is 12.0. The van der Waals surface area contributed by atoms with E-state index in [9.17, 15) is 9.59 Å². The van der Waals surface area contributed by atoms with E-state index in [0.29, 0.717) is 30.3 Å². The summed E-state index contributed by atoms with van der Waals surface area (Å²) in [6.07, 6.45) is -0.101. The molecular formula is C19H21ClN2O4. The number of nitrogens with two attached hydrogens (primary N) is 1. The third-order valence-corrected chi connectivity index (χ3v) is 3.92. The van der Waals surface area contributed by atoms with Crippen LogP contribution in [0.2, 0.25) is 0 Å². The minimum Gasteiger partial charge on any atom is -0.460 e. The first-order chi connectivity index (χ1) is 12.0. The number of ether oxygens (including phenoxy) is 2. The molecule has 1 amide bonds. The second-order valence-corrected chi connectivity index (χ2v) is 6.02. The first-order valence-electron chi connectivity index (χ1n) is 8.07. The normalized spacial score (nSPS) is 16.1. The number of amides is 1. The van der Waals surface area contributed by atoms with Crippen LogP contribution in [0.1, 0.15) is 18.9 Å². The van der Waals surface area contributed by atoms with E-state index < -0.39 is 0 Å². The van der Waals surface area contributed by atoms with Gasteiger partial charge in [-0.15, -0.1) is 12.4 Å². The van der Waals surface area contributed by atoms with Crippen molar-refractivity contribution in [1.82, 2.24) is 4.90 Å². The fraction of sp³-hybridized carbons (Fsp3) is 0.263. The van der Waals surface area contributed by atoms with Gasteiger partial charge in [-0.1, -0.05) is 12.1 Å². The highest BCUT2D eigenvalue weighted by Gasteiger charge is 2.31. The van der Waals surface area contributed by atoms with Crippen LogP contribution in [0.3, 0.4) is 0 Å². The summed E-state index contributed by atoms with van der Waals surface area (Å²) in [6, 6.07) is 14.7. The van der Waals surface area contributed by atoms with Crippen LogP contribution >= 0.6 is 12.4 Å². The largest absolute Gasteiger partial charge is 0.460 e. The number of esters is 1. The molecule has 3 rings (SSSR count). The summed E-state index contributed by atoms with van der Waals surface area (Å²) in [6.45, 7) is 2.27. The monoisotopic (exact) mass is 376 g/mol. The van der Waals surface area contributed by atoms with Crippen LogP contribution in [-0.4, -0.2) is 29.4 Å². The molecule has 0 aromatic heterocycles. The summed E-state index contributed by atoms with van der Waals surface area (Å²) in [5, 5.41) is 0.